The largest absolute Gasteiger partial charge is 0.454 e. The maximum absolute atomic E-state index is 12.8. The van der Waals surface area contributed by atoms with Crippen LogP contribution in [0.3, 0.4) is 0 Å². The lowest BCUT2D eigenvalue weighted by atomic mass is 9.85. The first-order chi connectivity index (χ1) is 14.3. The number of nitrogens with zero attached hydrogens (tertiary/aromatic N) is 1. The molecule has 1 aliphatic heterocycles. The summed E-state index contributed by atoms with van der Waals surface area (Å²) in [5, 5.41) is 2.73. The van der Waals surface area contributed by atoms with E-state index in [2.05, 4.69) is 21.2 Å². The highest BCUT2D eigenvalue weighted by atomic mass is 79.9. The first-order valence-electron chi connectivity index (χ1n) is 10.1. The van der Waals surface area contributed by atoms with Gasteiger partial charge in [-0.1, -0.05) is 35.0 Å². The first kappa shape index (κ1) is 20.8. The molecule has 0 aromatic heterocycles. The van der Waals surface area contributed by atoms with Gasteiger partial charge in [0.15, 0.2) is 6.61 Å². The molecule has 4 rings (SSSR count). The number of hydrogen-bond acceptors (Lipinski definition) is 5. The van der Waals surface area contributed by atoms with Gasteiger partial charge >= 0.3 is 5.97 Å². The highest BCUT2D eigenvalue weighted by molar-refractivity contribution is 9.10. The number of carbonyl (C=O) groups is 4. The summed E-state index contributed by atoms with van der Waals surface area (Å²) in [5.41, 5.74) is 1.59. The molecule has 5 atom stereocenters. The Morgan fingerprint density at radius 3 is 2.43 bits per heavy atom. The summed E-state index contributed by atoms with van der Waals surface area (Å²) in [5.74, 6) is -2.43. The number of amides is 3. The number of anilines is 1. The van der Waals surface area contributed by atoms with Crippen LogP contribution in [0.2, 0.25) is 0 Å². The summed E-state index contributed by atoms with van der Waals surface area (Å²) >= 11 is 3.39. The fourth-order valence-electron chi connectivity index (χ4n) is 4.83. The van der Waals surface area contributed by atoms with Crippen LogP contribution in [0, 0.1) is 23.7 Å². The van der Waals surface area contributed by atoms with Gasteiger partial charge in [0, 0.05) is 10.2 Å². The van der Waals surface area contributed by atoms with E-state index in [-0.39, 0.29) is 35.5 Å². The minimum atomic E-state index is -1.05. The minimum absolute atomic E-state index is 0.0779. The lowest BCUT2D eigenvalue weighted by Gasteiger charge is -2.23. The Kier molecular flexibility index (Phi) is 5.53. The number of allylic oxidation sites excluding steroid dienone is 2. The number of rotatable bonds is 6. The molecular formula is C22H23BrN2O5. The minimum Gasteiger partial charge on any atom is -0.454 e. The van der Waals surface area contributed by atoms with Crippen LogP contribution in [-0.2, 0) is 30.3 Å². The molecule has 0 radical (unpaired) electrons. The van der Waals surface area contributed by atoms with Crippen LogP contribution >= 0.6 is 15.9 Å². The van der Waals surface area contributed by atoms with Gasteiger partial charge < -0.3 is 10.1 Å². The molecule has 2 bridgehead atoms. The third-order valence-corrected chi connectivity index (χ3v) is 6.79. The Morgan fingerprint density at radius 2 is 1.83 bits per heavy atom. The van der Waals surface area contributed by atoms with Gasteiger partial charge in [0.25, 0.3) is 5.91 Å². The van der Waals surface area contributed by atoms with Crippen molar-refractivity contribution in [2.24, 2.45) is 23.7 Å². The average molecular weight is 475 g/mol. The summed E-state index contributed by atoms with van der Waals surface area (Å²) in [7, 11) is 0. The van der Waals surface area contributed by atoms with Gasteiger partial charge in [-0.05, 0) is 55.4 Å². The second-order valence-electron chi connectivity index (χ2n) is 8.03. The molecule has 30 heavy (non-hydrogen) atoms. The van der Waals surface area contributed by atoms with Crippen molar-refractivity contribution < 1.29 is 23.9 Å². The summed E-state index contributed by atoms with van der Waals surface area (Å²) in [6.45, 7) is 2.95. The molecule has 1 N–H and O–H groups in total. The van der Waals surface area contributed by atoms with Gasteiger partial charge in [-0.15, -0.1) is 0 Å². The number of esters is 1. The average Bonchev–Trinajstić information content (AvgIpc) is 3.40. The molecule has 3 amide bonds. The van der Waals surface area contributed by atoms with Crippen LogP contribution in [0.5, 0.6) is 0 Å². The number of imide groups is 1. The summed E-state index contributed by atoms with van der Waals surface area (Å²) in [6, 6.07) is 4.44. The topological polar surface area (TPSA) is 92.8 Å². The number of carbonyl (C=O) groups excluding carboxylic acids is 4. The highest BCUT2D eigenvalue weighted by Gasteiger charge is 2.60. The van der Waals surface area contributed by atoms with Crippen molar-refractivity contribution in [2.75, 3.05) is 11.9 Å². The molecule has 3 aliphatic rings. The molecule has 2 fully saturated rings. The number of aryl methyl sites for hydroxylation is 1. The molecule has 158 valence electrons. The van der Waals surface area contributed by atoms with Gasteiger partial charge in [-0.2, -0.15) is 0 Å². The number of ether oxygens (including phenoxy) is 1. The smallest absolute Gasteiger partial charge is 0.329 e. The SMILES string of the molecule is CCc1cc(Br)ccc1NC(=O)COC(=O)[C@H](C)N1C(=O)[C@H]2[C@H](C1=O)[C@H]1C=C[C@H]2C1. The first-order valence-corrected chi connectivity index (χ1v) is 10.9. The molecule has 8 heteroatoms. The Bertz CT molecular complexity index is 929. The van der Waals surface area contributed by atoms with E-state index in [1.807, 2.05) is 31.2 Å². The number of nitrogens with one attached hydrogen (secondary N) is 1. The van der Waals surface area contributed by atoms with E-state index in [4.69, 9.17) is 4.74 Å². The van der Waals surface area contributed by atoms with E-state index in [1.165, 1.54) is 6.92 Å². The van der Waals surface area contributed by atoms with Crippen molar-refractivity contribution in [3.8, 4) is 0 Å². The normalized spacial score (nSPS) is 27.4. The number of benzene rings is 1. The van der Waals surface area contributed by atoms with E-state index in [0.717, 1.165) is 27.8 Å². The predicted octanol–water partition coefficient (Wildman–Crippen LogP) is 2.69. The van der Waals surface area contributed by atoms with Crippen LogP contribution in [0.15, 0.2) is 34.8 Å². The lowest BCUT2D eigenvalue weighted by molar-refractivity contribution is -0.159. The Morgan fingerprint density at radius 1 is 1.20 bits per heavy atom. The molecule has 1 aromatic carbocycles. The van der Waals surface area contributed by atoms with Gasteiger partial charge in [0.1, 0.15) is 6.04 Å². The van der Waals surface area contributed by atoms with Gasteiger partial charge in [-0.3, -0.25) is 19.3 Å². The second-order valence-corrected chi connectivity index (χ2v) is 8.95. The molecular weight excluding hydrogens is 452 g/mol. The van der Waals surface area contributed by atoms with E-state index in [1.54, 1.807) is 6.07 Å². The Labute approximate surface area is 183 Å². The van der Waals surface area contributed by atoms with E-state index in [0.29, 0.717) is 5.69 Å². The molecule has 7 nitrogen and oxygen atoms in total. The molecule has 1 saturated carbocycles. The second kappa shape index (κ2) is 7.98. The zero-order valence-electron chi connectivity index (χ0n) is 16.8. The van der Waals surface area contributed by atoms with Crippen molar-refractivity contribution in [1.82, 2.24) is 4.90 Å². The monoisotopic (exact) mass is 474 g/mol. The predicted molar refractivity (Wildman–Crippen MR) is 112 cm³/mol. The molecule has 0 unspecified atom stereocenters. The lowest BCUT2D eigenvalue weighted by Crippen LogP contribution is -2.45. The van der Waals surface area contributed by atoms with Crippen molar-refractivity contribution in [2.45, 2.75) is 32.7 Å². The van der Waals surface area contributed by atoms with E-state index < -0.39 is 24.5 Å². The quantitative estimate of drug-likeness (QED) is 0.388. The maximum atomic E-state index is 12.8. The van der Waals surface area contributed by atoms with Crippen molar-refractivity contribution >= 4 is 45.3 Å². The Balaban J connectivity index is 1.35. The molecule has 2 aliphatic carbocycles. The Hall–Kier alpha value is -2.48. The van der Waals surface area contributed by atoms with Crippen LogP contribution in [0.1, 0.15) is 25.8 Å². The fraction of sp³-hybridized carbons (Fsp3) is 0.455. The fourth-order valence-corrected chi connectivity index (χ4v) is 5.24. The third-order valence-electron chi connectivity index (χ3n) is 6.30. The van der Waals surface area contributed by atoms with E-state index >= 15 is 0 Å². The zero-order chi connectivity index (χ0) is 21.6. The zero-order valence-corrected chi connectivity index (χ0v) is 18.3. The van der Waals surface area contributed by atoms with Crippen LogP contribution in [0.25, 0.3) is 0 Å². The van der Waals surface area contributed by atoms with Gasteiger partial charge in [-0.25, -0.2) is 4.79 Å². The number of hydrogen-bond donors (Lipinski definition) is 1. The standard InChI is InChI=1S/C22H23BrN2O5/c1-3-12-9-15(23)6-7-16(12)24-17(26)10-30-22(29)11(2)25-20(27)18-13-4-5-14(8-13)19(18)21(25)28/h4-7,9,11,13-14,18-19H,3,8,10H2,1-2H3,(H,24,26)/t11-,13-,14-,18+,19+/m0/s1. The summed E-state index contributed by atoms with van der Waals surface area (Å²) < 4.78 is 6.02. The van der Waals surface area contributed by atoms with Crippen molar-refractivity contribution in [3.63, 3.8) is 0 Å². The van der Waals surface area contributed by atoms with Crippen molar-refractivity contribution in [1.29, 1.82) is 0 Å². The van der Waals surface area contributed by atoms with Crippen LogP contribution in [-0.4, -0.2) is 41.2 Å². The summed E-state index contributed by atoms with van der Waals surface area (Å²) in [6.07, 6.45) is 5.56. The number of fused-ring (bicyclic) bond motifs is 5. The number of halogens is 1. The highest BCUT2D eigenvalue weighted by Crippen LogP contribution is 2.52. The van der Waals surface area contributed by atoms with Crippen LogP contribution in [0.4, 0.5) is 5.69 Å². The van der Waals surface area contributed by atoms with Gasteiger partial charge in [0.2, 0.25) is 11.8 Å². The maximum Gasteiger partial charge on any atom is 0.329 e. The summed E-state index contributed by atoms with van der Waals surface area (Å²) in [4.78, 5) is 51.3. The third kappa shape index (κ3) is 3.47. The number of likely N-dealkylation sites (tertiary alicyclic amines) is 1. The molecule has 0 spiro atoms. The molecule has 1 saturated heterocycles. The van der Waals surface area contributed by atoms with Crippen molar-refractivity contribution in [3.05, 3.63) is 40.4 Å². The van der Waals surface area contributed by atoms with Crippen LogP contribution < -0.4 is 5.32 Å². The van der Waals surface area contributed by atoms with Gasteiger partial charge in [0.05, 0.1) is 11.8 Å². The molecule has 1 aromatic rings. The molecule has 1 heterocycles. The van der Waals surface area contributed by atoms with E-state index in [9.17, 15) is 19.2 Å².